The maximum atomic E-state index is 12.2. The smallest absolute Gasteiger partial charge is 0.353 e. The van der Waals surface area contributed by atoms with E-state index in [4.69, 9.17) is 9.15 Å². The highest BCUT2D eigenvalue weighted by molar-refractivity contribution is 7.12. The summed E-state index contributed by atoms with van der Waals surface area (Å²) in [5.41, 5.74) is 0.665. The molecule has 4 nitrogen and oxygen atoms in total. The number of rotatable bonds is 2. The van der Waals surface area contributed by atoms with E-state index in [1.54, 1.807) is 37.3 Å². The minimum Gasteiger partial charge on any atom is -0.422 e. The highest BCUT2D eigenvalue weighted by Gasteiger charge is 2.16. The van der Waals surface area contributed by atoms with Crippen LogP contribution in [0.25, 0.3) is 21.7 Å². The molecule has 0 bridgehead atoms. The predicted molar refractivity (Wildman–Crippen MR) is 94.0 cm³/mol. The van der Waals surface area contributed by atoms with Gasteiger partial charge >= 0.3 is 11.6 Å². The van der Waals surface area contributed by atoms with Crippen molar-refractivity contribution in [1.29, 1.82) is 0 Å². The number of esters is 1. The fraction of sp³-hybridized carbons (Fsp3) is 0.0526. The molecule has 0 saturated carbocycles. The Morgan fingerprint density at radius 1 is 1.00 bits per heavy atom. The molecule has 0 aliphatic heterocycles. The zero-order chi connectivity index (χ0) is 16.7. The standard InChI is InChI=1S/C19H12O4S/c1-11-15(22-19(21)16-7-4-10-24-16)9-8-13-12-5-2-3-6-14(12)18(20)23-17(11)13/h2-10H,1H3. The van der Waals surface area contributed by atoms with Crippen LogP contribution in [0.5, 0.6) is 5.75 Å². The molecule has 0 N–H and O–H groups in total. The Labute approximate surface area is 140 Å². The highest BCUT2D eigenvalue weighted by Crippen LogP contribution is 2.31. The van der Waals surface area contributed by atoms with Crippen molar-refractivity contribution in [2.45, 2.75) is 6.92 Å². The Morgan fingerprint density at radius 2 is 1.79 bits per heavy atom. The summed E-state index contributed by atoms with van der Waals surface area (Å²) in [4.78, 5) is 24.9. The van der Waals surface area contributed by atoms with Gasteiger partial charge in [0.15, 0.2) is 0 Å². The first-order chi connectivity index (χ1) is 11.6. The monoisotopic (exact) mass is 336 g/mol. The van der Waals surface area contributed by atoms with Gasteiger partial charge in [-0.25, -0.2) is 9.59 Å². The van der Waals surface area contributed by atoms with E-state index in [0.29, 0.717) is 27.2 Å². The number of carbonyl (C=O) groups excluding carboxylic acids is 1. The summed E-state index contributed by atoms with van der Waals surface area (Å²) in [6.45, 7) is 1.77. The molecule has 0 radical (unpaired) electrons. The van der Waals surface area contributed by atoms with E-state index in [1.165, 1.54) is 11.3 Å². The quantitative estimate of drug-likeness (QED) is 0.233. The lowest BCUT2D eigenvalue weighted by atomic mass is 10.0. The molecule has 0 fully saturated rings. The van der Waals surface area contributed by atoms with Crippen molar-refractivity contribution in [2.75, 3.05) is 0 Å². The lowest BCUT2D eigenvalue weighted by molar-refractivity contribution is 0.0739. The molecule has 24 heavy (non-hydrogen) atoms. The second-order valence-corrected chi connectivity index (χ2v) is 6.32. The van der Waals surface area contributed by atoms with Crippen LogP contribution in [-0.4, -0.2) is 5.97 Å². The molecule has 0 aliphatic carbocycles. The van der Waals surface area contributed by atoms with Crippen LogP contribution in [0.2, 0.25) is 0 Å². The third-order valence-corrected chi connectivity index (χ3v) is 4.76. The van der Waals surface area contributed by atoms with Crippen LogP contribution in [0, 0.1) is 6.92 Å². The van der Waals surface area contributed by atoms with Gasteiger partial charge in [0.2, 0.25) is 0 Å². The first-order valence-corrected chi connectivity index (χ1v) is 8.24. The second kappa shape index (κ2) is 5.62. The number of benzene rings is 2. The van der Waals surface area contributed by atoms with E-state index in [9.17, 15) is 9.59 Å². The Hall–Kier alpha value is -2.92. The lowest BCUT2D eigenvalue weighted by Gasteiger charge is -2.10. The number of hydrogen-bond acceptors (Lipinski definition) is 5. The minimum atomic E-state index is -0.421. The van der Waals surface area contributed by atoms with Crippen LogP contribution in [0.4, 0.5) is 0 Å². The van der Waals surface area contributed by atoms with Gasteiger partial charge in [0, 0.05) is 10.9 Å². The van der Waals surface area contributed by atoms with Crippen LogP contribution in [0.3, 0.4) is 0 Å². The van der Waals surface area contributed by atoms with Crippen molar-refractivity contribution >= 4 is 39.0 Å². The molecular weight excluding hydrogens is 324 g/mol. The molecule has 5 heteroatoms. The number of carbonyl (C=O) groups is 1. The zero-order valence-corrected chi connectivity index (χ0v) is 13.6. The predicted octanol–water partition coefficient (Wildman–Crippen LogP) is 4.54. The molecule has 2 aromatic heterocycles. The third-order valence-electron chi connectivity index (χ3n) is 3.91. The van der Waals surface area contributed by atoms with E-state index < -0.39 is 11.6 Å². The molecule has 2 heterocycles. The Kier molecular flexibility index (Phi) is 3.43. The largest absolute Gasteiger partial charge is 0.422 e. The molecule has 0 amide bonds. The summed E-state index contributed by atoms with van der Waals surface area (Å²) in [5, 5.41) is 3.99. The van der Waals surface area contributed by atoms with Gasteiger partial charge < -0.3 is 9.15 Å². The molecule has 4 rings (SSSR count). The second-order valence-electron chi connectivity index (χ2n) is 5.37. The molecule has 4 aromatic rings. The van der Waals surface area contributed by atoms with Crippen LogP contribution in [0.1, 0.15) is 15.2 Å². The maximum absolute atomic E-state index is 12.2. The van der Waals surface area contributed by atoms with Crippen molar-refractivity contribution in [3.05, 3.63) is 74.8 Å². The van der Waals surface area contributed by atoms with Crippen molar-refractivity contribution in [3.63, 3.8) is 0 Å². The van der Waals surface area contributed by atoms with Crippen LogP contribution >= 0.6 is 11.3 Å². The lowest BCUT2D eigenvalue weighted by Crippen LogP contribution is -2.08. The van der Waals surface area contributed by atoms with Gasteiger partial charge in [-0.1, -0.05) is 24.3 Å². The number of thiophene rings is 1. The Balaban J connectivity index is 1.88. The van der Waals surface area contributed by atoms with E-state index in [0.717, 1.165) is 10.8 Å². The van der Waals surface area contributed by atoms with Crippen molar-refractivity contribution in [1.82, 2.24) is 0 Å². The van der Waals surface area contributed by atoms with Gasteiger partial charge in [-0.15, -0.1) is 11.3 Å². The summed E-state index contributed by atoms with van der Waals surface area (Å²) in [6, 6.07) is 14.3. The van der Waals surface area contributed by atoms with Crippen molar-refractivity contribution < 1.29 is 13.9 Å². The summed E-state index contributed by atoms with van der Waals surface area (Å²) >= 11 is 1.32. The number of ether oxygens (including phenoxy) is 1. The summed E-state index contributed by atoms with van der Waals surface area (Å²) < 4.78 is 10.9. The van der Waals surface area contributed by atoms with Gasteiger partial charge in [0.05, 0.1) is 5.39 Å². The molecule has 0 spiro atoms. The fourth-order valence-electron chi connectivity index (χ4n) is 2.72. The molecule has 0 aliphatic rings. The number of aryl methyl sites for hydroxylation is 1. The molecule has 0 atom stereocenters. The SMILES string of the molecule is Cc1c(OC(=O)c2cccs2)ccc2c1oc(=O)c1ccccc12. The van der Waals surface area contributed by atoms with Gasteiger partial charge in [-0.05, 0) is 42.0 Å². The Bertz CT molecular complexity index is 1120. The van der Waals surface area contributed by atoms with Crippen LogP contribution in [0.15, 0.2) is 63.1 Å². The average molecular weight is 336 g/mol. The molecule has 2 aromatic carbocycles. The van der Waals surface area contributed by atoms with Gasteiger partial charge in [0.1, 0.15) is 16.2 Å². The van der Waals surface area contributed by atoms with Crippen molar-refractivity contribution in [2.24, 2.45) is 0 Å². The van der Waals surface area contributed by atoms with Crippen molar-refractivity contribution in [3.8, 4) is 5.75 Å². The first kappa shape index (κ1) is 14.7. The summed E-state index contributed by atoms with van der Waals surface area (Å²) in [5.74, 6) is -0.0325. The van der Waals surface area contributed by atoms with Gasteiger partial charge in [0.25, 0.3) is 0 Å². The molecular formula is C19H12O4S. The first-order valence-electron chi connectivity index (χ1n) is 7.36. The minimum absolute atomic E-state index is 0.388. The Morgan fingerprint density at radius 3 is 2.54 bits per heavy atom. The van der Waals surface area contributed by atoms with E-state index in [1.807, 2.05) is 23.6 Å². The highest BCUT2D eigenvalue weighted by atomic mass is 32.1. The summed E-state index contributed by atoms with van der Waals surface area (Å²) in [6.07, 6.45) is 0. The third kappa shape index (κ3) is 2.30. The topological polar surface area (TPSA) is 56.5 Å². The van der Waals surface area contributed by atoms with E-state index >= 15 is 0 Å². The number of hydrogen-bond donors (Lipinski definition) is 0. The fourth-order valence-corrected chi connectivity index (χ4v) is 3.32. The van der Waals surface area contributed by atoms with E-state index in [2.05, 4.69) is 0 Å². The van der Waals surface area contributed by atoms with Gasteiger partial charge in [-0.2, -0.15) is 0 Å². The average Bonchev–Trinajstić information content (AvgIpc) is 3.13. The molecule has 118 valence electrons. The number of fused-ring (bicyclic) bond motifs is 3. The zero-order valence-electron chi connectivity index (χ0n) is 12.7. The molecule has 0 saturated heterocycles. The normalized spacial score (nSPS) is 11.0. The van der Waals surface area contributed by atoms with E-state index in [-0.39, 0.29) is 0 Å². The maximum Gasteiger partial charge on any atom is 0.353 e. The van der Waals surface area contributed by atoms with Crippen LogP contribution in [-0.2, 0) is 0 Å². The van der Waals surface area contributed by atoms with Gasteiger partial charge in [-0.3, -0.25) is 0 Å². The molecule has 0 unspecified atom stereocenters. The van der Waals surface area contributed by atoms with Crippen LogP contribution < -0.4 is 10.4 Å². The summed E-state index contributed by atoms with van der Waals surface area (Å²) in [7, 11) is 0.